The Morgan fingerprint density at radius 3 is 2.61 bits per heavy atom. The van der Waals surface area contributed by atoms with Crippen molar-refractivity contribution in [2.75, 3.05) is 13.2 Å². The normalized spacial score (nSPS) is 12.0. The van der Waals surface area contributed by atoms with Crippen LogP contribution >= 0.6 is 11.3 Å². The second-order valence-corrected chi connectivity index (χ2v) is 7.22. The number of hydrogen-bond acceptors (Lipinski definition) is 5. The Morgan fingerprint density at radius 2 is 2.17 bits per heavy atom. The molecule has 0 radical (unpaired) electrons. The molecule has 1 rings (SSSR count). The number of thiophene rings is 1. The van der Waals surface area contributed by atoms with Gasteiger partial charge in [-0.3, -0.25) is 0 Å². The average molecular weight is 288 g/mol. The van der Waals surface area contributed by atoms with E-state index in [0.29, 0.717) is 11.3 Å². The Morgan fingerprint density at radius 1 is 1.50 bits per heavy atom. The van der Waals surface area contributed by atoms with Crippen molar-refractivity contribution in [2.45, 2.75) is 30.5 Å². The van der Waals surface area contributed by atoms with Crippen molar-refractivity contribution >= 4 is 21.4 Å². The average Bonchev–Trinajstić information content (AvgIpc) is 2.77. The molecule has 1 aromatic rings. The van der Waals surface area contributed by atoms with Crippen LogP contribution in [0.3, 0.4) is 0 Å². The molecule has 100 valence electrons. The number of hydrogen-bond donors (Lipinski definition) is 1. The van der Waals surface area contributed by atoms with Crippen LogP contribution in [0, 0.1) is 11.3 Å². The van der Waals surface area contributed by atoms with E-state index in [1.165, 1.54) is 16.4 Å². The molecule has 0 aliphatic carbocycles. The zero-order valence-corrected chi connectivity index (χ0v) is 12.0. The monoisotopic (exact) mass is 288 g/mol. The fraction of sp³-hybridized carbons (Fsp3) is 0.545. The number of rotatable bonds is 6. The van der Waals surface area contributed by atoms with Gasteiger partial charge in [-0.1, -0.05) is 0 Å². The molecule has 7 heteroatoms. The topological polar surface area (TPSA) is 81.4 Å². The van der Waals surface area contributed by atoms with Crippen LogP contribution in [-0.2, 0) is 10.0 Å². The van der Waals surface area contributed by atoms with E-state index in [9.17, 15) is 8.42 Å². The molecule has 0 aromatic carbocycles. The second kappa shape index (κ2) is 6.29. The van der Waals surface area contributed by atoms with Gasteiger partial charge in [0.05, 0.1) is 0 Å². The summed E-state index contributed by atoms with van der Waals surface area (Å²) >= 11 is 0.966. The van der Waals surface area contributed by atoms with Crippen molar-refractivity contribution in [1.29, 1.82) is 5.26 Å². The summed E-state index contributed by atoms with van der Waals surface area (Å²) in [5, 5.41) is 17.5. The number of nitrogens with zero attached hydrogens (tertiary/aromatic N) is 2. The maximum atomic E-state index is 12.4. The third-order valence-electron chi connectivity index (χ3n) is 2.37. The van der Waals surface area contributed by atoms with Gasteiger partial charge in [0.1, 0.15) is 15.2 Å². The van der Waals surface area contributed by atoms with Gasteiger partial charge in [0.15, 0.2) is 0 Å². The molecule has 0 unspecified atom stereocenters. The fourth-order valence-electron chi connectivity index (χ4n) is 1.52. The summed E-state index contributed by atoms with van der Waals surface area (Å²) in [6, 6.07) is 4.69. The highest BCUT2D eigenvalue weighted by atomic mass is 32.2. The molecule has 0 bridgehead atoms. The molecule has 5 nitrogen and oxygen atoms in total. The van der Waals surface area contributed by atoms with Crippen LogP contribution in [0.5, 0.6) is 0 Å². The Kier molecular flexibility index (Phi) is 5.28. The van der Waals surface area contributed by atoms with Crippen LogP contribution in [0.15, 0.2) is 16.3 Å². The molecule has 0 atom stereocenters. The van der Waals surface area contributed by atoms with E-state index in [1.54, 1.807) is 13.8 Å². The first-order valence-electron chi connectivity index (χ1n) is 5.56. The molecule has 0 spiro atoms. The summed E-state index contributed by atoms with van der Waals surface area (Å²) in [4.78, 5) is 0.374. The standard InChI is InChI=1S/C11H16N2O3S2/c1-9(2)13(6-3-7-14)18(15,16)11-5-4-10(8-12)17-11/h4-5,9,14H,3,6-7H2,1-2H3. The highest BCUT2D eigenvalue weighted by molar-refractivity contribution is 7.91. The van der Waals surface area contributed by atoms with Crippen molar-refractivity contribution in [3.05, 3.63) is 17.0 Å². The van der Waals surface area contributed by atoms with Crippen molar-refractivity contribution in [3.8, 4) is 6.07 Å². The molecule has 18 heavy (non-hydrogen) atoms. The highest BCUT2D eigenvalue weighted by Gasteiger charge is 2.27. The van der Waals surface area contributed by atoms with E-state index < -0.39 is 10.0 Å². The van der Waals surface area contributed by atoms with Crippen molar-refractivity contribution in [3.63, 3.8) is 0 Å². The van der Waals surface area contributed by atoms with Crippen LogP contribution < -0.4 is 0 Å². The second-order valence-electron chi connectivity index (χ2n) is 4.02. The van der Waals surface area contributed by atoms with Gasteiger partial charge in [-0.25, -0.2) is 8.42 Å². The van der Waals surface area contributed by atoms with E-state index >= 15 is 0 Å². The molecule has 0 aliphatic heterocycles. The van der Waals surface area contributed by atoms with Gasteiger partial charge in [0.25, 0.3) is 10.0 Å². The fourth-order valence-corrected chi connectivity index (χ4v) is 4.42. The summed E-state index contributed by atoms with van der Waals surface area (Å²) in [5.41, 5.74) is 0. The molecule has 0 saturated heterocycles. The number of aliphatic hydroxyl groups is 1. The summed E-state index contributed by atoms with van der Waals surface area (Å²) < 4.78 is 26.2. The first-order valence-corrected chi connectivity index (χ1v) is 7.81. The minimum absolute atomic E-state index is 0.0490. The molecule has 0 aliphatic rings. The SMILES string of the molecule is CC(C)N(CCCO)S(=O)(=O)c1ccc(C#N)s1. The van der Waals surface area contributed by atoms with Crippen molar-refractivity contribution in [2.24, 2.45) is 0 Å². The lowest BCUT2D eigenvalue weighted by Crippen LogP contribution is -2.37. The van der Waals surface area contributed by atoms with E-state index in [1.807, 2.05) is 6.07 Å². The third kappa shape index (κ3) is 3.29. The van der Waals surface area contributed by atoms with Crippen LogP contribution in [-0.4, -0.2) is 37.0 Å². The van der Waals surface area contributed by atoms with Gasteiger partial charge >= 0.3 is 0 Å². The summed E-state index contributed by atoms with van der Waals surface area (Å²) in [7, 11) is -3.57. The molecule has 0 saturated carbocycles. The highest BCUT2D eigenvalue weighted by Crippen LogP contribution is 2.25. The zero-order chi connectivity index (χ0) is 13.8. The van der Waals surface area contributed by atoms with Crippen LogP contribution in [0.25, 0.3) is 0 Å². The van der Waals surface area contributed by atoms with E-state index in [4.69, 9.17) is 10.4 Å². The molecule has 0 fully saturated rings. The predicted molar refractivity (Wildman–Crippen MR) is 69.8 cm³/mol. The smallest absolute Gasteiger partial charge is 0.252 e. The quantitative estimate of drug-likeness (QED) is 0.858. The third-order valence-corrected chi connectivity index (χ3v) is 5.90. The Labute approximate surface area is 111 Å². The maximum Gasteiger partial charge on any atom is 0.252 e. The van der Waals surface area contributed by atoms with Gasteiger partial charge in [0.2, 0.25) is 0 Å². The van der Waals surface area contributed by atoms with Crippen LogP contribution in [0.4, 0.5) is 0 Å². The first-order chi connectivity index (χ1) is 8.43. The van der Waals surface area contributed by atoms with E-state index in [0.717, 1.165) is 11.3 Å². The molecule has 1 heterocycles. The lowest BCUT2D eigenvalue weighted by molar-refractivity contribution is 0.258. The van der Waals surface area contributed by atoms with Crippen LogP contribution in [0.1, 0.15) is 25.1 Å². The predicted octanol–water partition coefficient (Wildman–Crippen LogP) is 1.40. The first kappa shape index (κ1) is 15.1. The molecule has 1 N–H and O–H groups in total. The zero-order valence-electron chi connectivity index (χ0n) is 10.3. The minimum atomic E-state index is -3.57. The number of sulfonamides is 1. The van der Waals surface area contributed by atoms with Crippen molar-refractivity contribution in [1.82, 2.24) is 4.31 Å². The molecular weight excluding hydrogens is 272 g/mol. The Bertz CT molecular complexity index is 529. The van der Waals surface area contributed by atoms with Crippen molar-refractivity contribution < 1.29 is 13.5 Å². The largest absolute Gasteiger partial charge is 0.396 e. The van der Waals surface area contributed by atoms with Gasteiger partial charge in [0, 0.05) is 19.2 Å². The number of aliphatic hydroxyl groups excluding tert-OH is 1. The lowest BCUT2D eigenvalue weighted by atomic mass is 10.3. The van der Waals surface area contributed by atoms with Gasteiger partial charge in [-0.15, -0.1) is 11.3 Å². The van der Waals surface area contributed by atoms with E-state index in [-0.39, 0.29) is 23.4 Å². The van der Waals surface area contributed by atoms with Gasteiger partial charge < -0.3 is 5.11 Å². The molecular formula is C11H16N2O3S2. The molecule has 0 amide bonds. The summed E-state index contributed by atoms with van der Waals surface area (Å²) in [6.45, 7) is 3.80. The minimum Gasteiger partial charge on any atom is -0.396 e. The maximum absolute atomic E-state index is 12.4. The van der Waals surface area contributed by atoms with Gasteiger partial charge in [-0.2, -0.15) is 9.57 Å². The number of nitriles is 1. The van der Waals surface area contributed by atoms with Crippen LogP contribution in [0.2, 0.25) is 0 Å². The summed E-state index contributed by atoms with van der Waals surface area (Å²) in [5.74, 6) is 0. The van der Waals surface area contributed by atoms with Gasteiger partial charge in [-0.05, 0) is 32.4 Å². The van der Waals surface area contributed by atoms with E-state index in [2.05, 4.69) is 0 Å². The summed E-state index contributed by atoms with van der Waals surface area (Å²) in [6.07, 6.45) is 0.397. The molecule has 1 aromatic heterocycles. The Balaban J connectivity index is 3.05. The lowest BCUT2D eigenvalue weighted by Gasteiger charge is -2.24. The Hall–Kier alpha value is -0.940.